The molecule has 0 fully saturated rings. The van der Waals surface area contributed by atoms with Crippen molar-refractivity contribution >= 4 is 23.4 Å². The summed E-state index contributed by atoms with van der Waals surface area (Å²) in [5.41, 5.74) is 5.30. The van der Waals surface area contributed by atoms with Crippen LogP contribution in [-0.4, -0.2) is 26.5 Å². The SMILES string of the molecule is CCCc1nc(NCC)cc(Sc2nc(N)cc(=O)[nH]2)n1. The molecule has 0 unspecified atom stereocenters. The molecule has 0 radical (unpaired) electrons. The molecule has 112 valence electrons. The summed E-state index contributed by atoms with van der Waals surface area (Å²) in [6.07, 6.45) is 1.76. The van der Waals surface area contributed by atoms with Gasteiger partial charge in [0.05, 0.1) is 0 Å². The molecule has 0 amide bonds. The number of nitrogens with one attached hydrogen (secondary N) is 2. The highest BCUT2D eigenvalue weighted by atomic mass is 32.2. The summed E-state index contributed by atoms with van der Waals surface area (Å²) >= 11 is 1.26. The van der Waals surface area contributed by atoms with E-state index in [1.54, 1.807) is 0 Å². The molecule has 0 saturated heterocycles. The van der Waals surface area contributed by atoms with Crippen LogP contribution in [-0.2, 0) is 6.42 Å². The first kappa shape index (κ1) is 15.3. The predicted octanol–water partition coefficient (Wildman–Crippen LogP) is 1.68. The standard InChI is InChI=1S/C13H18N6OS/c1-3-5-9-17-10(15-4-2)7-12(18-9)21-13-16-8(14)6-11(20)19-13/h6-7H,3-5H2,1-2H3,(H,15,17,18)(H3,14,16,19,20). The first-order chi connectivity index (χ1) is 10.1. The van der Waals surface area contributed by atoms with Crippen LogP contribution >= 0.6 is 11.8 Å². The van der Waals surface area contributed by atoms with Crippen molar-refractivity contribution in [1.82, 2.24) is 19.9 Å². The first-order valence-electron chi connectivity index (χ1n) is 6.77. The number of aryl methyl sites for hydroxylation is 1. The fraction of sp³-hybridized carbons (Fsp3) is 0.385. The van der Waals surface area contributed by atoms with Gasteiger partial charge in [-0.15, -0.1) is 0 Å². The predicted molar refractivity (Wildman–Crippen MR) is 83.6 cm³/mol. The van der Waals surface area contributed by atoms with E-state index in [0.717, 1.165) is 36.1 Å². The lowest BCUT2D eigenvalue weighted by Crippen LogP contribution is -2.09. The Morgan fingerprint density at radius 2 is 2.10 bits per heavy atom. The van der Waals surface area contributed by atoms with E-state index in [9.17, 15) is 4.79 Å². The highest BCUT2D eigenvalue weighted by molar-refractivity contribution is 7.99. The maximum absolute atomic E-state index is 11.4. The van der Waals surface area contributed by atoms with Crippen molar-refractivity contribution in [1.29, 1.82) is 0 Å². The second kappa shape index (κ2) is 7.07. The zero-order chi connectivity index (χ0) is 15.2. The smallest absolute Gasteiger partial charge is 0.253 e. The summed E-state index contributed by atoms with van der Waals surface area (Å²) in [5.74, 6) is 1.73. The van der Waals surface area contributed by atoms with Crippen LogP contribution in [0.15, 0.2) is 27.1 Å². The lowest BCUT2D eigenvalue weighted by Gasteiger charge is -2.08. The molecule has 7 nitrogen and oxygen atoms in total. The van der Waals surface area contributed by atoms with Gasteiger partial charge in [0.15, 0.2) is 5.16 Å². The number of hydrogen-bond acceptors (Lipinski definition) is 7. The van der Waals surface area contributed by atoms with Crippen LogP contribution < -0.4 is 16.6 Å². The van der Waals surface area contributed by atoms with Crippen LogP contribution in [0, 0.1) is 0 Å². The van der Waals surface area contributed by atoms with Crippen molar-refractivity contribution in [3.8, 4) is 0 Å². The van der Waals surface area contributed by atoms with E-state index in [1.807, 2.05) is 13.0 Å². The quantitative estimate of drug-likeness (QED) is 0.550. The van der Waals surface area contributed by atoms with Crippen molar-refractivity contribution in [2.75, 3.05) is 17.6 Å². The second-order valence-electron chi connectivity index (χ2n) is 4.37. The molecule has 0 saturated carbocycles. The lowest BCUT2D eigenvalue weighted by atomic mass is 10.3. The summed E-state index contributed by atoms with van der Waals surface area (Å²) in [6, 6.07) is 3.08. The average molecular weight is 306 g/mol. The van der Waals surface area contributed by atoms with Crippen molar-refractivity contribution in [3.63, 3.8) is 0 Å². The minimum atomic E-state index is -0.278. The van der Waals surface area contributed by atoms with Crippen molar-refractivity contribution in [2.45, 2.75) is 36.9 Å². The maximum atomic E-state index is 11.4. The fourth-order valence-electron chi connectivity index (χ4n) is 1.73. The van der Waals surface area contributed by atoms with E-state index in [4.69, 9.17) is 5.73 Å². The van der Waals surface area contributed by atoms with E-state index in [-0.39, 0.29) is 11.4 Å². The lowest BCUT2D eigenvalue weighted by molar-refractivity contribution is 0.808. The Morgan fingerprint density at radius 3 is 2.76 bits per heavy atom. The number of anilines is 2. The molecule has 8 heteroatoms. The Labute approximate surface area is 126 Å². The highest BCUT2D eigenvalue weighted by Gasteiger charge is 2.08. The highest BCUT2D eigenvalue weighted by Crippen LogP contribution is 2.24. The third-order valence-electron chi connectivity index (χ3n) is 2.52. The normalized spacial score (nSPS) is 10.6. The maximum Gasteiger partial charge on any atom is 0.253 e. The van der Waals surface area contributed by atoms with Gasteiger partial charge in [-0.05, 0) is 25.1 Å². The molecule has 0 bridgehead atoms. The third kappa shape index (κ3) is 4.45. The number of nitrogens with zero attached hydrogens (tertiary/aromatic N) is 3. The van der Waals surface area contributed by atoms with Gasteiger partial charge in [-0.1, -0.05) is 6.92 Å². The number of H-pyrrole nitrogens is 1. The molecule has 4 N–H and O–H groups in total. The molecular weight excluding hydrogens is 288 g/mol. The van der Waals surface area contributed by atoms with E-state index < -0.39 is 0 Å². The van der Waals surface area contributed by atoms with Crippen LogP contribution in [0.2, 0.25) is 0 Å². The summed E-state index contributed by atoms with van der Waals surface area (Å²) < 4.78 is 0. The van der Waals surface area contributed by atoms with Crippen LogP contribution in [0.25, 0.3) is 0 Å². The van der Waals surface area contributed by atoms with Gasteiger partial charge in [0.1, 0.15) is 22.5 Å². The zero-order valence-electron chi connectivity index (χ0n) is 12.0. The molecule has 2 rings (SSSR count). The van der Waals surface area contributed by atoms with Gasteiger partial charge in [-0.2, -0.15) is 0 Å². The second-order valence-corrected chi connectivity index (χ2v) is 5.37. The molecule has 21 heavy (non-hydrogen) atoms. The molecular formula is C13H18N6OS. The molecule has 0 atom stereocenters. The Bertz CT molecular complexity index is 648. The molecule has 0 aliphatic carbocycles. The fourth-order valence-corrected chi connectivity index (χ4v) is 2.56. The van der Waals surface area contributed by atoms with Crippen molar-refractivity contribution in [3.05, 3.63) is 28.3 Å². The number of aromatic amines is 1. The van der Waals surface area contributed by atoms with Crippen LogP contribution in [0.5, 0.6) is 0 Å². The van der Waals surface area contributed by atoms with Gasteiger partial charge in [0, 0.05) is 25.1 Å². The Kier molecular flexibility index (Phi) is 5.15. The van der Waals surface area contributed by atoms with Gasteiger partial charge in [-0.3, -0.25) is 4.79 Å². The number of aromatic nitrogens is 4. The van der Waals surface area contributed by atoms with E-state index in [1.165, 1.54) is 17.8 Å². The molecule has 0 aliphatic heterocycles. The van der Waals surface area contributed by atoms with Gasteiger partial charge >= 0.3 is 0 Å². The van der Waals surface area contributed by atoms with E-state index >= 15 is 0 Å². The van der Waals surface area contributed by atoms with Crippen LogP contribution in [0.1, 0.15) is 26.1 Å². The van der Waals surface area contributed by atoms with Crippen LogP contribution in [0.4, 0.5) is 11.6 Å². The summed E-state index contributed by atoms with van der Waals surface area (Å²) in [4.78, 5) is 27.0. The van der Waals surface area contributed by atoms with E-state index in [2.05, 4.69) is 32.2 Å². The molecule has 2 aromatic rings. The minimum Gasteiger partial charge on any atom is -0.383 e. The molecule has 0 aliphatic rings. The Hall–Kier alpha value is -2.09. The largest absolute Gasteiger partial charge is 0.383 e. The first-order valence-corrected chi connectivity index (χ1v) is 7.59. The van der Waals surface area contributed by atoms with Gasteiger partial charge < -0.3 is 16.0 Å². The number of rotatable bonds is 6. The summed E-state index contributed by atoms with van der Waals surface area (Å²) in [5, 5.41) is 4.31. The molecule has 0 aromatic carbocycles. The van der Waals surface area contributed by atoms with Gasteiger partial charge in [-0.25, -0.2) is 15.0 Å². The average Bonchev–Trinajstić information content (AvgIpc) is 2.37. The summed E-state index contributed by atoms with van der Waals surface area (Å²) in [6.45, 7) is 4.86. The Morgan fingerprint density at radius 1 is 1.29 bits per heavy atom. The zero-order valence-corrected chi connectivity index (χ0v) is 12.8. The van der Waals surface area contributed by atoms with Crippen molar-refractivity contribution in [2.24, 2.45) is 0 Å². The van der Waals surface area contributed by atoms with Gasteiger partial charge in [0.2, 0.25) is 0 Å². The van der Waals surface area contributed by atoms with Crippen molar-refractivity contribution < 1.29 is 0 Å². The molecule has 2 aromatic heterocycles. The molecule has 2 heterocycles. The Balaban J connectivity index is 2.31. The van der Waals surface area contributed by atoms with Gasteiger partial charge in [0.25, 0.3) is 5.56 Å². The number of nitrogen functional groups attached to an aromatic ring is 1. The molecule has 0 spiro atoms. The van der Waals surface area contributed by atoms with Crippen LogP contribution in [0.3, 0.4) is 0 Å². The topological polar surface area (TPSA) is 110 Å². The van der Waals surface area contributed by atoms with E-state index in [0.29, 0.717) is 5.16 Å². The number of hydrogen-bond donors (Lipinski definition) is 3. The monoisotopic (exact) mass is 306 g/mol. The minimum absolute atomic E-state index is 0.191. The number of nitrogens with two attached hydrogens (primary N) is 1. The third-order valence-corrected chi connectivity index (χ3v) is 3.33. The summed E-state index contributed by atoms with van der Waals surface area (Å²) in [7, 11) is 0.